The van der Waals surface area contributed by atoms with Crippen molar-refractivity contribution in [1.29, 1.82) is 0 Å². The Morgan fingerprint density at radius 3 is 2.11 bits per heavy atom. The molecule has 9 heavy (non-hydrogen) atoms. The normalized spacial score (nSPS) is 10.2. The molecule has 1 aromatic rings. The van der Waals surface area contributed by atoms with Crippen LogP contribution < -0.4 is 4.57 Å². The van der Waals surface area contributed by atoms with Crippen LogP contribution in [0.4, 0.5) is 0 Å². The van der Waals surface area contributed by atoms with Gasteiger partial charge in [0.15, 0.2) is 0 Å². The quantitative estimate of drug-likeness (QED) is 0.446. The Kier molecular flexibility index (Phi) is 1.31. The minimum atomic E-state index is 1.33. The van der Waals surface area contributed by atoms with Gasteiger partial charge in [-0.2, -0.15) is 0 Å². The third-order valence-electron chi connectivity index (χ3n) is 1.93. The molecule has 0 saturated carbocycles. The summed E-state index contributed by atoms with van der Waals surface area (Å²) in [5.74, 6) is 0. The summed E-state index contributed by atoms with van der Waals surface area (Å²) >= 11 is 0. The fourth-order valence-electron chi connectivity index (χ4n) is 0.943. The van der Waals surface area contributed by atoms with E-state index in [2.05, 4.69) is 43.4 Å². The lowest BCUT2D eigenvalue weighted by molar-refractivity contribution is -0.677. The highest BCUT2D eigenvalue weighted by molar-refractivity contribution is 5.01. The number of nitrogens with zero attached hydrogens (tertiary/aromatic N) is 2. The second kappa shape index (κ2) is 1.87. The van der Waals surface area contributed by atoms with E-state index in [-0.39, 0.29) is 0 Å². The van der Waals surface area contributed by atoms with Crippen molar-refractivity contribution < 1.29 is 4.57 Å². The maximum Gasteiger partial charge on any atom is 0.243 e. The Hall–Kier alpha value is -0.790. The van der Waals surface area contributed by atoms with E-state index in [0.717, 1.165) is 0 Å². The molecular weight excluding hydrogens is 112 g/mol. The Morgan fingerprint density at radius 2 is 2.00 bits per heavy atom. The van der Waals surface area contributed by atoms with Crippen molar-refractivity contribution in [2.75, 3.05) is 0 Å². The first-order chi connectivity index (χ1) is 4.13. The number of imidazole rings is 1. The molecule has 0 N–H and O–H groups in total. The van der Waals surface area contributed by atoms with Crippen molar-refractivity contribution in [3.8, 4) is 0 Å². The van der Waals surface area contributed by atoms with Gasteiger partial charge in [-0.1, -0.05) is 0 Å². The largest absolute Gasteiger partial charge is 0.243 e. The molecule has 1 rings (SSSR count). The average molecular weight is 125 g/mol. The van der Waals surface area contributed by atoms with E-state index < -0.39 is 0 Å². The molecule has 0 aromatic carbocycles. The third kappa shape index (κ3) is 0.846. The van der Waals surface area contributed by atoms with Crippen LogP contribution in [0, 0.1) is 13.8 Å². The van der Waals surface area contributed by atoms with Gasteiger partial charge in [0, 0.05) is 13.8 Å². The zero-order valence-corrected chi connectivity index (χ0v) is 6.47. The molecule has 2 heteroatoms. The Balaban J connectivity index is 3.29. The van der Waals surface area contributed by atoms with E-state index >= 15 is 0 Å². The lowest BCUT2D eigenvalue weighted by Crippen LogP contribution is -2.28. The topological polar surface area (TPSA) is 8.81 Å². The van der Waals surface area contributed by atoms with Gasteiger partial charge in [-0.25, -0.2) is 9.13 Å². The van der Waals surface area contributed by atoms with Gasteiger partial charge in [-0.15, -0.1) is 0 Å². The molecule has 50 valence electrons. The molecule has 1 heterocycles. The van der Waals surface area contributed by atoms with E-state index in [0.29, 0.717) is 0 Å². The molecule has 0 atom stereocenters. The lowest BCUT2D eigenvalue weighted by atomic mass is 10.4. The molecule has 0 aliphatic rings. The highest BCUT2D eigenvalue weighted by Crippen LogP contribution is 1.97. The summed E-state index contributed by atoms with van der Waals surface area (Å²) in [4.78, 5) is 0. The first kappa shape index (κ1) is 6.33. The van der Waals surface area contributed by atoms with E-state index in [1.165, 1.54) is 11.4 Å². The molecule has 0 aliphatic carbocycles. The molecule has 0 spiro atoms. The summed E-state index contributed by atoms with van der Waals surface area (Å²) in [6, 6.07) is 0. The van der Waals surface area contributed by atoms with Gasteiger partial charge < -0.3 is 0 Å². The maximum absolute atomic E-state index is 2.12. The fourth-order valence-corrected chi connectivity index (χ4v) is 0.943. The van der Waals surface area contributed by atoms with Crippen molar-refractivity contribution in [3.63, 3.8) is 0 Å². The van der Waals surface area contributed by atoms with Gasteiger partial charge in [0.25, 0.3) is 0 Å². The minimum Gasteiger partial charge on any atom is -0.237 e. The third-order valence-corrected chi connectivity index (χ3v) is 1.93. The number of aromatic nitrogens is 2. The molecule has 0 bridgehead atoms. The van der Waals surface area contributed by atoms with Gasteiger partial charge in [-0.05, 0) is 0 Å². The van der Waals surface area contributed by atoms with Gasteiger partial charge in [0.05, 0.1) is 14.1 Å². The molecule has 2 nitrogen and oxygen atoms in total. The zero-order chi connectivity index (χ0) is 7.02. The van der Waals surface area contributed by atoms with Crippen LogP contribution in [-0.2, 0) is 14.1 Å². The molecule has 0 saturated heterocycles. The molecule has 0 fully saturated rings. The van der Waals surface area contributed by atoms with Crippen molar-refractivity contribution in [2.45, 2.75) is 13.8 Å². The van der Waals surface area contributed by atoms with Crippen molar-refractivity contribution in [3.05, 3.63) is 17.7 Å². The number of aryl methyl sites for hydroxylation is 2. The smallest absolute Gasteiger partial charge is 0.237 e. The van der Waals surface area contributed by atoms with Crippen molar-refractivity contribution in [1.82, 2.24) is 4.57 Å². The maximum atomic E-state index is 2.12. The first-order valence-electron chi connectivity index (χ1n) is 3.11. The second-order valence-corrected chi connectivity index (χ2v) is 2.51. The monoisotopic (exact) mass is 125 g/mol. The summed E-state index contributed by atoms with van der Waals surface area (Å²) in [6.07, 6.45) is 2.07. The van der Waals surface area contributed by atoms with Crippen molar-refractivity contribution >= 4 is 0 Å². The van der Waals surface area contributed by atoms with Gasteiger partial charge in [0.1, 0.15) is 11.4 Å². The highest BCUT2D eigenvalue weighted by Gasteiger charge is 2.07. The first-order valence-corrected chi connectivity index (χ1v) is 3.11. The Bertz CT molecular complexity index is 201. The van der Waals surface area contributed by atoms with E-state index in [4.69, 9.17) is 0 Å². The molecule has 0 radical (unpaired) electrons. The van der Waals surface area contributed by atoms with Crippen molar-refractivity contribution in [2.24, 2.45) is 14.1 Å². The molecular formula is C7H13N2+. The highest BCUT2D eigenvalue weighted by atomic mass is 15.1. The van der Waals surface area contributed by atoms with Crippen LogP contribution in [0.15, 0.2) is 6.33 Å². The van der Waals surface area contributed by atoms with Gasteiger partial charge in [0.2, 0.25) is 6.33 Å². The van der Waals surface area contributed by atoms with Crippen LogP contribution in [0.25, 0.3) is 0 Å². The predicted octanol–water partition coefficient (Wildman–Crippen LogP) is 0.466. The molecule has 1 aromatic heterocycles. The Labute approximate surface area is 55.7 Å². The number of rotatable bonds is 0. The SMILES string of the molecule is Cc1c(C)[n+](C)cn1C. The van der Waals surface area contributed by atoms with Crippen LogP contribution >= 0.6 is 0 Å². The van der Waals surface area contributed by atoms with Crippen LogP contribution in [0.2, 0.25) is 0 Å². The molecule has 0 aliphatic heterocycles. The summed E-state index contributed by atoms with van der Waals surface area (Å²) in [6.45, 7) is 4.24. The van der Waals surface area contributed by atoms with E-state index in [1.54, 1.807) is 0 Å². The van der Waals surface area contributed by atoms with Crippen LogP contribution in [0.5, 0.6) is 0 Å². The van der Waals surface area contributed by atoms with E-state index in [9.17, 15) is 0 Å². The van der Waals surface area contributed by atoms with Crippen LogP contribution in [0.1, 0.15) is 11.4 Å². The van der Waals surface area contributed by atoms with Gasteiger partial charge >= 0.3 is 0 Å². The Morgan fingerprint density at radius 1 is 1.44 bits per heavy atom. The predicted molar refractivity (Wildman–Crippen MR) is 36.1 cm³/mol. The standard InChI is InChI=1S/C7H13N2/c1-6-7(2)9(4)5-8(6)3/h5H,1-4H3/q+1. The van der Waals surface area contributed by atoms with Gasteiger partial charge in [-0.3, -0.25) is 0 Å². The summed E-state index contributed by atoms with van der Waals surface area (Å²) in [7, 11) is 4.12. The number of hydrogen-bond donors (Lipinski definition) is 0. The number of hydrogen-bond acceptors (Lipinski definition) is 0. The van der Waals surface area contributed by atoms with Crippen LogP contribution in [-0.4, -0.2) is 4.57 Å². The summed E-state index contributed by atoms with van der Waals surface area (Å²) < 4.78 is 4.24. The van der Waals surface area contributed by atoms with Crippen LogP contribution in [0.3, 0.4) is 0 Å². The minimum absolute atomic E-state index is 1.33. The average Bonchev–Trinajstić information content (AvgIpc) is 1.98. The second-order valence-electron chi connectivity index (χ2n) is 2.51. The summed E-state index contributed by atoms with van der Waals surface area (Å²) in [5.41, 5.74) is 2.66. The molecule has 0 amide bonds. The molecule has 0 unspecified atom stereocenters. The zero-order valence-electron chi connectivity index (χ0n) is 6.47. The fraction of sp³-hybridized carbons (Fsp3) is 0.571. The lowest BCUT2D eigenvalue weighted by Gasteiger charge is -1.84. The van der Waals surface area contributed by atoms with E-state index in [1.807, 2.05) is 0 Å². The summed E-state index contributed by atoms with van der Waals surface area (Å²) in [5, 5.41) is 0.